The predicted octanol–water partition coefficient (Wildman–Crippen LogP) is 1.41. The molecule has 0 amide bonds. The lowest BCUT2D eigenvalue weighted by Gasteiger charge is -2.32. The van der Waals surface area contributed by atoms with Crippen LogP contribution in [0.4, 0.5) is 0 Å². The van der Waals surface area contributed by atoms with E-state index in [-0.39, 0.29) is 0 Å². The van der Waals surface area contributed by atoms with Crippen LogP contribution in [0.25, 0.3) is 0 Å². The van der Waals surface area contributed by atoms with Gasteiger partial charge in [0.1, 0.15) is 0 Å². The molecule has 0 aromatic carbocycles. The molecule has 2 heterocycles. The van der Waals surface area contributed by atoms with Crippen molar-refractivity contribution in [2.45, 2.75) is 32.6 Å². The number of rotatable bonds is 4. The van der Waals surface area contributed by atoms with Gasteiger partial charge >= 0.3 is 5.97 Å². The van der Waals surface area contributed by atoms with Crippen molar-refractivity contribution in [2.75, 3.05) is 13.2 Å². The van der Waals surface area contributed by atoms with Gasteiger partial charge in [-0.15, -0.1) is 0 Å². The van der Waals surface area contributed by atoms with Gasteiger partial charge < -0.3 is 9.84 Å². The number of nitrogens with zero attached hydrogens (tertiary/aromatic N) is 2. The molecule has 1 aliphatic rings. The Morgan fingerprint density at radius 2 is 2.22 bits per heavy atom. The molecule has 2 rings (SSSR count). The summed E-state index contributed by atoms with van der Waals surface area (Å²) < 4.78 is 7.09. The molecule has 0 spiro atoms. The van der Waals surface area contributed by atoms with E-state index in [0.29, 0.717) is 32.5 Å². The van der Waals surface area contributed by atoms with E-state index in [9.17, 15) is 9.90 Å². The Hall–Kier alpha value is -1.36. The molecule has 5 heteroatoms. The van der Waals surface area contributed by atoms with E-state index in [2.05, 4.69) is 5.10 Å². The second kappa shape index (κ2) is 5.10. The summed E-state index contributed by atoms with van der Waals surface area (Å²) in [7, 11) is 1.88. The summed E-state index contributed by atoms with van der Waals surface area (Å²) in [5.41, 5.74) is 1.33. The van der Waals surface area contributed by atoms with Crippen molar-refractivity contribution in [2.24, 2.45) is 12.5 Å². The van der Waals surface area contributed by atoms with Gasteiger partial charge in [-0.25, -0.2) is 0 Å². The highest BCUT2D eigenvalue weighted by atomic mass is 16.5. The SMILES string of the molecule is CCc1cc(CC2(C(=O)O)CCOCC2)n(C)n1. The highest BCUT2D eigenvalue weighted by Gasteiger charge is 2.40. The average Bonchev–Trinajstić information content (AvgIpc) is 2.71. The van der Waals surface area contributed by atoms with Crippen LogP contribution in [0.2, 0.25) is 0 Å². The molecule has 1 fully saturated rings. The van der Waals surface area contributed by atoms with Crippen molar-refractivity contribution < 1.29 is 14.6 Å². The molecule has 1 N–H and O–H groups in total. The number of carboxylic acid groups (broad SMARTS) is 1. The lowest BCUT2D eigenvalue weighted by Crippen LogP contribution is -2.39. The van der Waals surface area contributed by atoms with Crippen LogP contribution in [-0.4, -0.2) is 34.1 Å². The molecular formula is C13H20N2O3. The Balaban J connectivity index is 2.22. The van der Waals surface area contributed by atoms with Gasteiger partial charge in [0.15, 0.2) is 0 Å². The van der Waals surface area contributed by atoms with Crippen LogP contribution in [0.3, 0.4) is 0 Å². The molecule has 100 valence electrons. The smallest absolute Gasteiger partial charge is 0.310 e. The van der Waals surface area contributed by atoms with E-state index >= 15 is 0 Å². The van der Waals surface area contributed by atoms with Crippen molar-refractivity contribution >= 4 is 5.97 Å². The number of hydrogen-bond acceptors (Lipinski definition) is 3. The molecule has 18 heavy (non-hydrogen) atoms. The highest BCUT2D eigenvalue weighted by molar-refractivity contribution is 5.75. The summed E-state index contributed by atoms with van der Waals surface area (Å²) in [6, 6.07) is 2.01. The summed E-state index contributed by atoms with van der Waals surface area (Å²) >= 11 is 0. The summed E-state index contributed by atoms with van der Waals surface area (Å²) in [6.45, 7) is 3.11. The average molecular weight is 252 g/mol. The van der Waals surface area contributed by atoms with Crippen LogP contribution >= 0.6 is 0 Å². The van der Waals surface area contributed by atoms with Gasteiger partial charge in [-0.1, -0.05) is 6.92 Å². The topological polar surface area (TPSA) is 64.3 Å². The summed E-state index contributed by atoms with van der Waals surface area (Å²) in [4.78, 5) is 11.6. The molecule has 1 saturated heterocycles. The molecule has 0 bridgehead atoms. The van der Waals surface area contributed by atoms with Crippen LogP contribution in [0.5, 0.6) is 0 Å². The third-order valence-electron chi connectivity index (χ3n) is 3.81. The summed E-state index contributed by atoms with van der Waals surface area (Å²) in [6.07, 6.45) is 2.57. The molecule has 1 aromatic rings. The maximum atomic E-state index is 11.6. The molecule has 1 aromatic heterocycles. The van der Waals surface area contributed by atoms with Crippen LogP contribution < -0.4 is 0 Å². The van der Waals surface area contributed by atoms with Crippen molar-refractivity contribution in [3.05, 3.63) is 17.5 Å². The second-order valence-electron chi connectivity index (χ2n) is 4.98. The number of carboxylic acids is 1. The first-order valence-electron chi connectivity index (χ1n) is 6.40. The minimum absolute atomic E-state index is 0.533. The molecule has 0 aliphatic carbocycles. The number of aromatic nitrogens is 2. The quantitative estimate of drug-likeness (QED) is 0.880. The predicted molar refractivity (Wildman–Crippen MR) is 66.4 cm³/mol. The zero-order chi connectivity index (χ0) is 13.2. The molecule has 5 nitrogen and oxygen atoms in total. The molecule has 1 aliphatic heterocycles. The van der Waals surface area contributed by atoms with Gasteiger partial charge in [0.25, 0.3) is 0 Å². The van der Waals surface area contributed by atoms with Gasteiger partial charge in [-0.2, -0.15) is 5.10 Å². The maximum Gasteiger partial charge on any atom is 0.310 e. The molecule has 0 atom stereocenters. The van der Waals surface area contributed by atoms with E-state index in [1.54, 1.807) is 4.68 Å². The number of hydrogen-bond donors (Lipinski definition) is 1. The number of carbonyl (C=O) groups is 1. The first-order valence-corrected chi connectivity index (χ1v) is 6.40. The van der Waals surface area contributed by atoms with Crippen LogP contribution in [-0.2, 0) is 29.4 Å². The third-order valence-corrected chi connectivity index (χ3v) is 3.81. The monoisotopic (exact) mass is 252 g/mol. The van der Waals surface area contributed by atoms with E-state index in [1.807, 2.05) is 20.0 Å². The minimum atomic E-state index is -0.718. The van der Waals surface area contributed by atoms with Crippen LogP contribution in [0, 0.1) is 5.41 Å². The van der Waals surface area contributed by atoms with E-state index < -0.39 is 11.4 Å². The summed E-state index contributed by atoms with van der Waals surface area (Å²) in [5.74, 6) is -0.718. The maximum absolute atomic E-state index is 11.6. The molecule has 0 saturated carbocycles. The highest BCUT2D eigenvalue weighted by Crippen LogP contribution is 2.34. The van der Waals surface area contributed by atoms with Crippen molar-refractivity contribution in [3.8, 4) is 0 Å². The zero-order valence-corrected chi connectivity index (χ0v) is 11.0. The fraction of sp³-hybridized carbons (Fsp3) is 0.692. The first-order chi connectivity index (χ1) is 8.57. The molecule has 0 unspecified atom stereocenters. The zero-order valence-electron chi connectivity index (χ0n) is 11.0. The van der Waals surface area contributed by atoms with Crippen molar-refractivity contribution in [1.29, 1.82) is 0 Å². The number of aryl methyl sites for hydroxylation is 2. The Morgan fingerprint density at radius 1 is 1.56 bits per heavy atom. The van der Waals surface area contributed by atoms with Gasteiger partial charge in [0, 0.05) is 32.4 Å². The van der Waals surface area contributed by atoms with Gasteiger partial charge in [-0.3, -0.25) is 9.48 Å². The van der Waals surface area contributed by atoms with Gasteiger partial charge in [-0.05, 0) is 25.3 Å². The van der Waals surface area contributed by atoms with E-state index in [1.165, 1.54) is 0 Å². The largest absolute Gasteiger partial charge is 0.481 e. The Bertz CT molecular complexity index is 433. The Labute approximate surface area is 107 Å². The number of aliphatic carboxylic acids is 1. The van der Waals surface area contributed by atoms with Crippen molar-refractivity contribution in [3.63, 3.8) is 0 Å². The van der Waals surface area contributed by atoms with E-state index in [0.717, 1.165) is 17.8 Å². The molecule has 0 radical (unpaired) electrons. The third kappa shape index (κ3) is 2.41. The van der Waals surface area contributed by atoms with Crippen molar-refractivity contribution in [1.82, 2.24) is 9.78 Å². The van der Waals surface area contributed by atoms with Crippen LogP contribution in [0.15, 0.2) is 6.07 Å². The van der Waals surface area contributed by atoms with E-state index in [4.69, 9.17) is 4.74 Å². The fourth-order valence-electron chi connectivity index (χ4n) is 2.48. The van der Waals surface area contributed by atoms with Crippen LogP contribution in [0.1, 0.15) is 31.2 Å². The lowest BCUT2D eigenvalue weighted by molar-refractivity contribution is -0.154. The first kappa shape index (κ1) is 13.1. The lowest BCUT2D eigenvalue weighted by atomic mass is 9.76. The standard InChI is InChI=1S/C13H20N2O3/c1-3-10-8-11(15(2)14-10)9-13(12(16)17)4-6-18-7-5-13/h8H,3-7,9H2,1-2H3,(H,16,17). The minimum Gasteiger partial charge on any atom is -0.481 e. The Morgan fingerprint density at radius 3 is 2.72 bits per heavy atom. The fourth-order valence-corrected chi connectivity index (χ4v) is 2.48. The Kier molecular flexibility index (Phi) is 3.71. The molecular weight excluding hydrogens is 232 g/mol. The normalized spacial score (nSPS) is 18.8. The summed E-state index contributed by atoms with van der Waals surface area (Å²) in [5, 5.41) is 13.9. The second-order valence-corrected chi connectivity index (χ2v) is 4.98. The van der Waals surface area contributed by atoms with Gasteiger partial charge in [0.2, 0.25) is 0 Å². The number of ether oxygens (including phenoxy) is 1. The van der Waals surface area contributed by atoms with Gasteiger partial charge in [0.05, 0.1) is 11.1 Å².